The Morgan fingerprint density at radius 2 is 1.68 bits per heavy atom. The molecule has 0 atom stereocenters. The summed E-state index contributed by atoms with van der Waals surface area (Å²) < 4.78 is 16.1. The molecule has 1 N–H and O–H groups in total. The molecule has 0 fully saturated rings. The van der Waals surface area contributed by atoms with E-state index in [1.807, 2.05) is 24.3 Å². The average Bonchev–Trinajstić information content (AvgIpc) is 2.82. The summed E-state index contributed by atoms with van der Waals surface area (Å²) in [6.07, 6.45) is 5.69. The maximum atomic E-state index is 12.5. The van der Waals surface area contributed by atoms with E-state index in [2.05, 4.69) is 22.4 Å². The second-order valence-corrected chi connectivity index (χ2v) is 6.68. The molecule has 1 aromatic heterocycles. The van der Waals surface area contributed by atoms with Gasteiger partial charge in [0.25, 0.3) is 5.91 Å². The fourth-order valence-corrected chi connectivity index (χ4v) is 2.82. The number of rotatable bonds is 9. The van der Waals surface area contributed by atoms with Crippen LogP contribution in [0.1, 0.15) is 29.3 Å². The van der Waals surface area contributed by atoms with Crippen LogP contribution >= 0.6 is 0 Å². The van der Waals surface area contributed by atoms with Crippen molar-refractivity contribution in [2.45, 2.75) is 13.3 Å². The Kier molecular flexibility index (Phi) is 7.59. The van der Waals surface area contributed by atoms with Crippen molar-refractivity contribution < 1.29 is 19.0 Å². The number of aromatic nitrogens is 1. The normalized spacial score (nSPS) is 10.7. The fourth-order valence-electron chi connectivity index (χ4n) is 2.82. The van der Waals surface area contributed by atoms with E-state index in [-0.39, 0.29) is 5.91 Å². The van der Waals surface area contributed by atoms with Gasteiger partial charge in [0.15, 0.2) is 0 Å². The molecule has 7 heteroatoms. The lowest BCUT2D eigenvalue weighted by Crippen LogP contribution is -2.17. The predicted molar refractivity (Wildman–Crippen MR) is 120 cm³/mol. The number of benzene rings is 2. The monoisotopic (exact) mass is 419 g/mol. The summed E-state index contributed by atoms with van der Waals surface area (Å²) in [4.78, 5) is 16.7. The van der Waals surface area contributed by atoms with Crippen LogP contribution in [0.25, 0.3) is 11.1 Å². The number of nitrogens with zero attached hydrogens (tertiary/aromatic N) is 2. The molecule has 0 radical (unpaired) electrons. The summed E-state index contributed by atoms with van der Waals surface area (Å²) >= 11 is 0. The molecule has 0 unspecified atom stereocenters. The van der Waals surface area contributed by atoms with Gasteiger partial charge in [-0.3, -0.25) is 9.78 Å². The van der Waals surface area contributed by atoms with Crippen molar-refractivity contribution in [2.75, 3.05) is 20.8 Å². The molecule has 3 rings (SSSR count). The quantitative estimate of drug-likeness (QED) is 0.413. The van der Waals surface area contributed by atoms with Crippen molar-refractivity contribution in [3.63, 3.8) is 0 Å². The summed E-state index contributed by atoms with van der Waals surface area (Å²) in [5, 5.41) is 4.03. The van der Waals surface area contributed by atoms with Crippen molar-refractivity contribution in [1.82, 2.24) is 10.4 Å². The number of hydrogen-bond acceptors (Lipinski definition) is 6. The predicted octanol–water partition coefficient (Wildman–Crippen LogP) is 4.32. The van der Waals surface area contributed by atoms with E-state index in [9.17, 15) is 4.79 Å². The van der Waals surface area contributed by atoms with Gasteiger partial charge in [-0.15, -0.1) is 0 Å². The SMILES string of the molecule is CCCOc1ccc(-c2cncc(C(=O)NN=Cc3cc(OC)cc(OC)c3)c2)cc1. The van der Waals surface area contributed by atoms with E-state index in [1.165, 1.54) is 12.4 Å². The standard InChI is InChI=1S/C24H25N3O4/c1-4-9-31-21-7-5-18(6-8-21)19-12-20(16-25-15-19)24(28)27-26-14-17-10-22(29-2)13-23(11-17)30-3/h5-8,10-16H,4,9H2,1-3H3,(H,27,28). The number of carbonyl (C=O) groups excluding carboxylic acids is 1. The van der Waals surface area contributed by atoms with Crippen LogP contribution < -0.4 is 19.6 Å². The zero-order chi connectivity index (χ0) is 22.1. The molecule has 7 nitrogen and oxygen atoms in total. The van der Waals surface area contributed by atoms with Crippen molar-refractivity contribution in [3.05, 3.63) is 72.1 Å². The topological polar surface area (TPSA) is 82.0 Å². The van der Waals surface area contributed by atoms with Crippen LogP contribution in [-0.2, 0) is 0 Å². The van der Waals surface area contributed by atoms with E-state index < -0.39 is 0 Å². The van der Waals surface area contributed by atoms with Crippen LogP contribution in [0.4, 0.5) is 0 Å². The minimum atomic E-state index is -0.358. The van der Waals surface area contributed by atoms with Crippen molar-refractivity contribution >= 4 is 12.1 Å². The van der Waals surface area contributed by atoms with E-state index >= 15 is 0 Å². The average molecular weight is 419 g/mol. The Hall–Kier alpha value is -3.87. The Balaban J connectivity index is 1.68. The third kappa shape index (κ3) is 6.05. The second-order valence-electron chi connectivity index (χ2n) is 6.68. The summed E-state index contributed by atoms with van der Waals surface area (Å²) in [7, 11) is 3.15. The van der Waals surface area contributed by atoms with Crippen LogP contribution in [0.15, 0.2) is 66.0 Å². The molecule has 0 aliphatic heterocycles. The number of carbonyl (C=O) groups is 1. The minimum Gasteiger partial charge on any atom is -0.497 e. The molecule has 3 aromatic rings. The molecule has 0 saturated heterocycles. The number of hydrazone groups is 1. The molecule has 2 aromatic carbocycles. The highest BCUT2D eigenvalue weighted by atomic mass is 16.5. The van der Waals surface area contributed by atoms with E-state index in [0.717, 1.165) is 28.9 Å². The molecule has 0 spiro atoms. The summed E-state index contributed by atoms with van der Waals surface area (Å²) in [6, 6.07) is 14.8. The van der Waals surface area contributed by atoms with Crippen LogP contribution in [0.3, 0.4) is 0 Å². The number of pyridine rings is 1. The number of hydrogen-bond donors (Lipinski definition) is 1. The lowest BCUT2D eigenvalue weighted by atomic mass is 10.1. The van der Waals surface area contributed by atoms with E-state index in [0.29, 0.717) is 23.7 Å². The van der Waals surface area contributed by atoms with Gasteiger partial charge >= 0.3 is 0 Å². The van der Waals surface area contributed by atoms with Crippen molar-refractivity contribution in [3.8, 4) is 28.4 Å². The number of amides is 1. The van der Waals surface area contributed by atoms with Gasteiger partial charge < -0.3 is 14.2 Å². The molecule has 0 aliphatic rings. The Morgan fingerprint density at radius 3 is 2.32 bits per heavy atom. The number of ether oxygens (including phenoxy) is 3. The minimum absolute atomic E-state index is 0.358. The molecule has 1 amide bonds. The molecule has 0 saturated carbocycles. The van der Waals surface area contributed by atoms with Gasteiger partial charge in [-0.2, -0.15) is 5.10 Å². The van der Waals surface area contributed by atoms with Crippen LogP contribution in [0.2, 0.25) is 0 Å². The molecule has 160 valence electrons. The summed E-state index contributed by atoms with van der Waals surface area (Å²) in [5.41, 5.74) is 5.43. The zero-order valence-electron chi connectivity index (χ0n) is 17.8. The van der Waals surface area contributed by atoms with E-state index in [4.69, 9.17) is 14.2 Å². The van der Waals surface area contributed by atoms with Gasteiger partial charge in [0.05, 0.1) is 32.6 Å². The first-order valence-corrected chi connectivity index (χ1v) is 9.87. The Labute approximate surface area is 181 Å². The largest absolute Gasteiger partial charge is 0.497 e. The summed E-state index contributed by atoms with van der Waals surface area (Å²) in [6.45, 7) is 2.74. The van der Waals surface area contributed by atoms with Gasteiger partial charge in [-0.1, -0.05) is 19.1 Å². The third-order valence-electron chi connectivity index (χ3n) is 4.41. The van der Waals surface area contributed by atoms with E-state index in [1.54, 1.807) is 44.7 Å². The first kappa shape index (κ1) is 21.8. The number of nitrogens with one attached hydrogen (secondary N) is 1. The smallest absolute Gasteiger partial charge is 0.272 e. The summed E-state index contributed by atoms with van der Waals surface area (Å²) in [5.74, 6) is 1.73. The molecule has 1 heterocycles. The van der Waals surface area contributed by atoms with Crippen LogP contribution in [-0.4, -0.2) is 37.9 Å². The van der Waals surface area contributed by atoms with Crippen molar-refractivity contribution in [2.24, 2.45) is 5.10 Å². The molecule has 0 bridgehead atoms. The van der Waals surface area contributed by atoms with Gasteiger partial charge in [0.2, 0.25) is 0 Å². The molecule has 0 aliphatic carbocycles. The third-order valence-corrected chi connectivity index (χ3v) is 4.41. The lowest BCUT2D eigenvalue weighted by molar-refractivity contribution is 0.0955. The molecular weight excluding hydrogens is 394 g/mol. The molecular formula is C24H25N3O4. The molecule has 31 heavy (non-hydrogen) atoms. The van der Waals surface area contributed by atoms with Gasteiger partial charge in [0.1, 0.15) is 17.2 Å². The highest BCUT2D eigenvalue weighted by Gasteiger charge is 2.08. The first-order valence-electron chi connectivity index (χ1n) is 9.87. The highest BCUT2D eigenvalue weighted by molar-refractivity contribution is 5.95. The maximum Gasteiger partial charge on any atom is 0.272 e. The first-order chi connectivity index (χ1) is 15.1. The lowest BCUT2D eigenvalue weighted by Gasteiger charge is -2.07. The highest BCUT2D eigenvalue weighted by Crippen LogP contribution is 2.23. The second kappa shape index (κ2) is 10.8. The Morgan fingerprint density at radius 1 is 0.968 bits per heavy atom. The van der Waals surface area contributed by atoms with Gasteiger partial charge in [0, 0.05) is 29.6 Å². The van der Waals surface area contributed by atoms with Gasteiger partial charge in [-0.25, -0.2) is 5.43 Å². The number of methoxy groups -OCH3 is 2. The van der Waals surface area contributed by atoms with Crippen LogP contribution in [0.5, 0.6) is 17.2 Å². The maximum absolute atomic E-state index is 12.5. The fraction of sp³-hybridized carbons (Fsp3) is 0.208. The zero-order valence-corrected chi connectivity index (χ0v) is 17.8. The van der Waals surface area contributed by atoms with Crippen molar-refractivity contribution in [1.29, 1.82) is 0 Å². The van der Waals surface area contributed by atoms with Gasteiger partial charge in [-0.05, 0) is 42.3 Å². The Bertz CT molecular complexity index is 1030. The van der Waals surface area contributed by atoms with Crippen LogP contribution in [0, 0.1) is 0 Å².